The van der Waals surface area contributed by atoms with Crippen LogP contribution in [0.3, 0.4) is 0 Å². The predicted molar refractivity (Wildman–Crippen MR) is 48.5 cm³/mol. The van der Waals surface area contributed by atoms with Crippen LogP contribution in [-0.2, 0) is 14.1 Å². The summed E-state index contributed by atoms with van der Waals surface area (Å²) < 4.78 is 10.6. The van der Waals surface area contributed by atoms with Gasteiger partial charge in [-0.3, -0.25) is 0 Å². The minimum absolute atomic E-state index is 0.400. The molecule has 0 aromatic heterocycles. The SMILES string of the molecule is CB1OCC(C)(C)C(C)(C(=O)O)O1. The molecule has 0 amide bonds. The summed E-state index contributed by atoms with van der Waals surface area (Å²) in [6.45, 7) is 7.35. The van der Waals surface area contributed by atoms with E-state index in [4.69, 9.17) is 14.4 Å². The lowest BCUT2D eigenvalue weighted by molar-refractivity contribution is -0.178. The van der Waals surface area contributed by atoms with E-state index in [-0.39, 0.29) is 0 Å². The highest BCUT2D eigenvalue weighted by molar-refractivity contribution is 6.43. The lowest BCUT2D eigenvalue weighted by Crippen LogP contribution is -2.60. The van der Waals surface area contributed by atoms with Crippen molar-refractivity contribution in [1.82, 2.24) is 0 Å². The molecule has 0 aliphatic carbocycles. The number of carboxylic acid groups (broad SMARTS) is 1. The van der Waals surface area contributed by atoms with E-state index in [1.165, 1.54) is 0 Å². The molecule has 1 fully saturated rings. The molecule has 4 nitrogen and oxygen atoms in total. The second kappa shape index (κ2) is 2.99. The monoisotopic (exact) mass is 186 g/mol. The molecule has 0 bridgehead atoms. The summed E-state index contributed by atoms with van der Waals surface area (Å²) >= 11 is 0. The standard InChI is InChI=1S/C8H15BO4/c1-7(2)5-12-9(4)13-8(7,3)6(10)11/h5H2,1-4H3,(H,10,11). The minimum atomic E-state index is -1.16. The van der Waals surface area contributed by atoms with Gasteiger partial charge in [-0.15, -0.1) is 0 Å². The highest BCUT2D eigenvalue weighted by atomic mass is 16.6. The first-order valence-corrected chi connectivity index (χ1v) is 4.32. The molecular formula is C8H15BO4. The van der Waals surface area contributed by atoms with Crippen LogP contribution in [0, 0.1) is 5.41 Å². The molecule has 1 atom stereocenters. The summed E-state index contributed by atoms with van der Waals surface area (Å²) in [5.74, 6) is -0.937. The lowest BCUT2D eigenvalue weighted by Gasteiger charge is -2.45. The van der Waals surface area contributed by atoms with E-state index in [1.807, 2.05) is 13.8 Å². The van der Waals surface area contributed by atoms with E-state index in [9.17, 15) is 4.79 Å². The van der Waals surface area contributed by atoms with Gasteiger partial charge in [-0.2, -0.15) is 0 Å². The molecule has 74 valence electrons. The van der Waals surface area contributed by atoms with Crippen molar-refractivity contribution in [2.24, 2.45) is 5.41 Å². The maximum absolute atomic E-state index is 11.1. The van der Waals surface area contributed by atoms with Crippen molar-refractivity contribution in [3.63, 3.8) is 0 Å². The molecule has 1 saturated heterocycles. The zero-order chi connectivity index (χ0) is 10.3. The first-order chi connectivity index (χ1) is 5.79. The molecule has 0 aromatic carbocycles. The molecule has 1 unspecified atom stereocenters. The van der Waals surface area contributed by atoms with Crippen LogP contribution >= 0.6 is 0 Å². The summed E-state index contributed by atoms with van der Waals surface area (Å²) in [7, 11) is -0.450. The number of rotatable bonds is 1. The molecule has 1 heterocycles. The summed E-state index contributed by atoms with van der Waals surface area (Å²) in [6.07, 6.45) is 0. The van der Waals surface area contributed by atoms with Gasteiger partial charge in [0, 0.05) is 12.0 Å². The van der Waals surface area contributed by atoms with Crippen LogP contribution in [0.4, 0.5) is 0 Å². The van der Waals surface area contributed by atoms with Gasteiger partial charge in [0.1, 0.15) is 0 Å². The van der Waals surface area contributed by atoms with Crippen molar-refractivity contribution in [1.29, 1.82) is 0 Å². The van der Waals surface area contributed by atoms with Crippen LogP contribution in [0.1, 0.15) is 20.8 Å². The Kier molecular flexibility index (Phi) is 2.43. The Labute approximate surface area is 78.4 Å². The van der Waals surface area contributed by atoms with E-state index in [0.717, 1.165) is 0 Å². The van der Waals surface area contributed by atoms with Gasteiger partial charge >= 0.3 is 13.1 Å². The van der Waals surface area contributed by atoms with E-state index in [0.29, 0.717) is 6.61 Å². The van der Waals surface area contributed by atoms with Gasteiger partial charge in [0.25, 0.3) is 0 Å². The first-order valence-electron chi connectivity index (χ1n) is 4.32. The van der Waals surface area contributed by atoms with Crippen LogP contribution in [-0.4, -0.2) is 30.4 Å². The van der Waals surface area contributed by atoms with Crippen LogP contribution in [0.2, 0.25) is 6.82 Å². The third-order valence-corrected chi connectivity index (χ3v) is 2.78. The highest BCUT2D eigenvalue weighted by Gasteiger charge is 2.53. The predicted octanol–water partition coefficient (Wildman–Crippen LogP) is 1.02. The molecule has 0 radical (unpaired) electrons. The zero-order valence-corrected chi connectivity index (χ0v) is 8.46. The second-order valence-electron chi connectivity index (χ2n) is 4.22. The number of carbonyl (C=O) groups is 1. The van der Waals surface area contributed by atoms with Crippen molar-refractivity contribution in [2.75, 3.05) is 6.61 Å². The molecule has 1 N–H and O–H groups in total. The van der Waals surface area contributed by atoms with Gasteiger partial charge < -0.3 is 14.4 Å². The van der Waals surface area contributed by atoms with Crippen molar-refractivity contribution in [2.45, 2.75) is 33.2 Å². The molecular weight excluding hydrogens is 171 g/mol. The molecule has 13 heavy (non-hydrogen) atoms. The average Bonchev–Trinajstić information content (AvgIpc) is 1.98. The van der Waals surface area contributed by atoms with E-state index in [1.54, 1.807) is 13.7 Å². The van der Waals surface area contributed by atoms with Gasteiger partial charge in [0.15, 0.2) is 5.60 Å². The molecule has 5 heteroatoms. The maximum Gasteiger partial charge on any atom is 0.454 e. The Morgan fingerprint density at radius 2 is 2.00 bits per heavy atom. The van der Waals surface area contributed by atoms with Crippen molar-refractivity contribution in [3.8, 4) is 0 Å². The number of hydrogen-bond donors (Lipinski definition) is 1. The largest absolute Gasteiger partial charge is 0.479 e. The van der Waals surface area contributed by atoms with Crippen LogP contribution in [0.15, 0.2) is 0 Å². The summed E-state index contributed by atoms with van der Waals surface area (Å²) in [5.41, 5.74) is -1.67. The number of aliphatic carboxylic acids is 1. The van der Waals surface area contributed by atoms with Gasteiger partial charge in [0.05, 0.1) is 0 Å². The maximum atomic E-state index is 11.1. The fraction of sp³-hybridized carbons (Fsp3) is 0.875. The third kappa shape index (κ3) is 1.58. The van der Waals surface area contributed by atoms with E-state index >= 15 is 0 Å². The molecule has 1 aliphatic heterocycles. The van der Waals surface area contributed by atoms with Crippen molar-refractivity contribution < 1.29 is 19.2 Å². The Bertz CT molecular complexity index is 228. The van der Waals surface area contributed by atoms with E-state index < -0.39 is 24.1 Å². The Morgan fingerprint density at radius 3 is 2.38 bits per heavy atom. The van der Waals surface area contributed by atoms with Crippen LogP contribution < -0.4 is 0 Å². The summed E-state index contributed by atoms with van der Waals surface area (Å²) in [4.78, 5) is 11.1. The van der Waals surface area contributed by atoms with Gasteiger partial charge in [0.2, 0.25) is 0 Å². The third-order valence-electron chi connectivity index (χ3n) is 2.78. The minimum Gasteiger partial charge on any atom is -0.479 e. The van der Waals surface area contributed by atoms with Crippen LogP contribution in [0.25, 0.3) is 0 Å². The van der Waals surface area contributed by atoms with Crippen LogP contribution in [0.5, 0.6) is 0 Å². The van der Waals surface area contributed by atoms with Gasteiger partial charge in [-0.1, -0.05) is 13.8 Å². The molecule has 0 saturated carbocycles. The second-order valence-corrected chi connectivity index (χ2v) is 4.22. The fourth-order valence-corrected chi connectivity index (χ4v) is 1.33. The van der Waals surface area contributed by atoms with Crippen molar-refractivity contribution >= 4 is 13.1 Å². The summed E-state index contributed by atoms with van der Waals surface area (Å²) in [6, 6.07) is 0. The highest BCUT2D eigenvalue weighted by Crippen LogP contribution is 2.38. The Balaban J connectivity index is 2.95. The molecule has 1 rings (SSSR count). The van der Waals surface area contributed by atoms with Gasteiger partial charge in [-0.25, -0.2) is 4.79 Å². The Hall–Kier alpha value is -0.545. The molecule has 0 aromatic rings. The smallest absolute Gasteiger partial charge is 0.454 e. The van der Waals surface area contributed by atoms with Crippen molar-refractivity contribution in [3.05, 3.63) is 0 Å². The first kappa shape index (κ1) is 10.5. The van der Waals surface area contributed by atoms with Gasteiger partial charge in [-0.05, 0) is 13.7 Å². The fourth-order valence-electron chi connectivity index (χ4n) is 1.33. The topological polar surface area (TPSA) is 55.8 Å². The number of hydrogen-bond acceptors (Lipinski definition) is 3. The normalized spacial score (nSPS) is 33.1. The number of carboxylic acids is 1. The average molecular weight is 186 g/mol. The molecule has 0 spiro atoms. The molecule has 1 aliphatic rings. The van der Waals surface area contributed by atoms with E-state index in [2.05, 4.69) is 0 Å². The Morgan fingerprint density at radius 1 is 1.46 bits per heavy atom. The quantitative estimate of drug-likeness (QED) is 0.621. The zero-order valence-electron chi connectivity index (χ0n) is 8.46. The summed E-state index contributed by atoms with van der Waals surface area (Å²) in [5, 5.41) is 9.07. The lowest BCUT2D eigenvalue weighted by atomic mass is 9.72.